The molecular formula is C14H13BrCl2N2O. The predicted molar refractivity (Wildman–Crippen MR) is 85.4 cm³/mol. The number of halogens is 3. The fourth-order valence-corrected chi connectivity index (χ4v) is 2.93. The zero-order valence-electron chi connectivity index (χ0n) is 10.9. The molecule has 0 N–H and O–H groups in total. The van der Waals surface area contributed by atoms with Crippen LogP contribution in [0.1, 0.15) is 12.2 Å². The van der Waals surface area contributed by atoms with Gasteiger partial charge in [-0.1, -0.05) is 57.3 Å². The summed E-state index contributed by atoms with van der Waals surface area (Å²) >= 11 is 16.0. The van der Waals surface area contributed by atoms with E-state index in [9.17, 15) is 0 Å². The third-order valence-electron chi connectivity index (χ3n) is 2.76. The van der Waals surface area contributed by atoms with Crippen LogP contribution in [0.4, 0.5) is 0 Å². The molecule has 2 aromatic rings. The summed E-state index contributed by atoms with van der Waals surface area (Å²) in [6, 6.07) is 7.69. The van der Waals surface area contributed by atoms with Gasteiger partial charge in [-0.25, -0.2) is 9.97 Å². The lowest BCUT2D eigenvalue weighted by Gasteiger charge is -2.10. The van der Waals surface area contributed by atoms with E-state index in [-0.39, 0.29) is 0 Å². The van der Waals surface area contributed by atoms with E-state index >= 15 is 0 Å². The summed E-state index contributed by atoms with van der Waals surface area (Å²) in [6.07, 6.45) is 1.51. The molecule has 0 spiro atoms. The molecule has 0 atom stereocenters. The molecule has 0 aliphatic carbocycles. The Bertz CT molecular complexity index is 584. The van der Waals surface area contributed by atoms with Crippen LogP contribution in [-0.4, -0.2) is 23.7 Å². The van der Waals surface area contributed by atoms with Crippen LogP contribution >= 0.6 is 39.1 Å². The van der Waals surface area contributed by atoms with E-state index in [4.69, 9.17) is 27.9 Å². The molecule has 6 heteroatoms. The minimum absolute atomic E-state index is 0.365. The third kappa shape index (κ3) is 3.70. The number of aromatic nitrogens is 2. The SMILES string of the molecule is COCCCc1nc(Cl)c(-c2ccccc2Br)c(Cl)n1. The summed E-state index contributed by atoms with van der Waals surface area (Å²) in [4.78, 5) is 8.63. The molecule has 1 aromatic heterocycles. The van der Waals surface area contributed by atoms with Crippen LogP contribution in [0.25, 0.3) is 11.1 Å². The molecular weight excluding hydrogens is 363 g/mol. The number of ether oxygens (including phenoxy) is 1. The third-order valence-corrected chi connectivity index (χ3v) is 4.00. The maximum Gasteiger partial charge on any atom is 0.142 e. The smallest absolute Gasteiger partial charge is 0.142 e. The van der Waals surface area contributed by atoms with Gasteiger partial charge in [0.25, 0.3) is 0 Å². The minimum Gasteiger partial charge on any atom is -0.385 e. The van der Waals surface area contributed by atoms with Gasteiger partial charge in [0, 0.05) is 30.2 Å². The Balaban J connectivity index is 2.34. The highest BCUT2D eigenvalue weighted by molar-refractivity contribution is 9.10. The fraction of sp³-hybridized carbons (Fsp3) is 0.286. The predicted octanol–water partition coefficient (Wildman–Crippen LogP) is 4.79. The van der Waals surface area contributed by atoms with Crippen molar-refractivity contribution in [1.82, 2.24) is 9.97 Å². The van der Waals surface area contributed by atoms with E-state index in [0.717, 1.165) is 16.5 Å². The van der Waals surface area contributed by atoms with Gasteiger partial charge in [-0.3, -0.25) is 0 Å². The number of rotatable bonds is 5. The number of nitrogens with zero attached hydrogens (tertiary/aromatic N) is 2. The van der Waals surface area contributed by atoms with Crippen molar-refractivity contribution in [3.63, 3.8) is 0 Å². The summed E-state index contributed by atoms with van der Waals surface area (Å²) in [5.74, 6) is 0.632. The molecule has 0 radical (unpaired) electrons. The molecule has 0 saturated carbocycles. The molecule has 106 valence electrons. The Kier molecular flexibility index (Phi) is 5.78. The highest BCUT2D eigenvalue weighted by Gasteiger charge is 2.15. The summed E-state index contributed by atoms with van der Waals surface area (Å²) < 4.78 is 5.91. The van der Waals surface area contributed by atoms with Gasteiger partial charge >= 0.3 is 0 Å². The zero-order chi connectivity index (χ0) is 14.5. The first-order valence-electron chi connectivity index (χ1n) is 6.09. The van der Waals surface area contributed by atoms with Crippen LogP contribution in [-0.2, 0) is 11.2 Å². The van der Waals surface area contributed by atoms with Gasteiger partial charge < -0.3 is 4.74 Å². The Hall–Kier alpha value is -0.680. The van der Waals surface area contributed by atoms with Crippen LogP contribution in [0.3, 0.4) is 0 Å². The van der Waals surface area contributed by atoms with Crippen molar-refractivity contribution in [3.8, 4) is 11.1 Å². The first-order chi connectivity index (χ1) is 9.63. The largest absolute Gasteiger partial charge is 0.385 e. The number of benzene rings is 1. The molecule has 0 unspecified atom stereocenters. The number of hydrogen-bond donors (Lipinski definition) is 0. The van der Waals surface area contributed by atoms with Crippen molar-refractivity contribution >= 4 is 39.1 Å². The quantitative estimate of drug-likeness (QED) is 0.556. The molecule has 0 amide bonds. The van der Waals surface area contributed by atoms with Crippen LogP contribution in [0.2, 0.25) is 10.3 Å². The van der Waals surface area contributed by atoms with Crippen molar-refractivity contribution in [2.75, 3.05) is 13.7 Å². The summed E-state index contributed by atoms with van der Waals surface area (Å²) in [5, 5.41) is 0.730. The van der Waals surface area contributed by atoms with Crippen LogP contribution in [0, 0.1) is 0 Å². The molecule has 1 aromatic carbocycles. The molecule has 20 heavy (non-hydrogen) atoms. The monoisotopic (exact) mass is 374 g/mol. The normalized spacial score (nSPS) is 10.8. The van der Waals surface area contributed by atoms with Gasteiger partial charge in [0.15, 0.2) is 0 Å². The van der Waals surface area contributed by atoms with Crippen LogP contribution in [0.5, 0.6) is 0 Å². The van der Waals surface area contributed by atoms with Gasteiger partial charge in [0.05, 0.1) is 5.56 Å². The lowest BCUT2D eigenvalue weighted by Crippen LogP contribution is -2.01. The summed E-state index contributed by atoms with van der Waals surface area (Å²) in [6.45, 7) is 0.657. The van der Waals surface area contributed by atoms with Crippen LogP contribution < -0.4 is 0 Å². The fourth-order valence-electron chi connectivity index (χ4n) is 1.82. The zero-order valence-corrected chi connectivity index (χ0v) is 14.0. The van der Waals surface area contributed by atoms with E-state index < -0.39 is 0 Å². The second-order valence-electron chi connectivity index (χ2n) is 4.17. The van der Waals surface area contributed by atoms with Crippen molar-refractivity contribution in [2.24, 2.45) is 0 Å². The highest BCUT2D eigenvalue weighted by Crippen LogP contribution is 2.36. The maximum absolute atomic E-state index is 6.27. The second-order valence-corrected chi connectivity index (χ2v) is 5.74. The lowest BCUT2D eigenvalue weighted by molar-refractivity contribution is 0.194. The van der Waals surface area contributed by atoms with E-state index in [0.29, 0.717) is 34.7 Å². The van der Waals surface area contributed by atoms with Crippen molar-refractivity contribution in [2.45, 2.75) is 12.8 Å². The van der Waals surface area contributed by atoms with Gasteiger partial charge in [0.2, 0.25) is 0 Å². The van der Waals surface area contributed by atoms with E-state index in [1.54, 1.807) is 7.11 Å². The average molecular weight is 376 g/mol. The topological polar surface area (TPSA) is 35.0 Å². The standard InChI is InChI=1S/C14H13BrCl2N2O/c1-20-8-4-7-11-18-13(16)12(14(17)19-11)9-5-2-3-6-10(9)15/h2-3,5-6H,4,7-8H2,1H3. The number of aryl methyl sites for hydroxylation is 1. The molecule has 0 aliphatic heterocycles. The van der Waals surface area contributed by atoms with Gasteiger partial charge in [0.1, 0.15) is 16.1 Å². The van der Waals surface area contributed by atoms with E-state index in [1.165, 1.54) is 0 Å². The van der Waals surface area contributed by atoms with Crippen LogP contribution in [0.15, 0.2) is 28.7 Å². The molecule has 2 rings (SSSR count). The van der Waals surface area contributed by atoms with Gasteiger partial charge in [-0.2, -0.15) is 0 Å². The van der Waals surface area contributed by atoms with Crippen molar-refractivity contribution < 1.29 is 4.74 Å². The van der Waals surface area contributed by atoms with Crippen molar-refractivity contribution in [1.29, 1.82) is 0 Å². The Morgan fingerprint density at radius 1 is 1.15 bits per heavy atom. The molecule has 0 saturated heterocycles. The Morgan fingerprint density at radius 3 is 2.40 bits per heavy atom. The Labute approximate surface area is 136 Å². The molecule has 1 heterocycles. The van der Waals surface area contributed by atoms with Gasteiger partial charge in [-0.15, -0.1) is 0 Å². The van der Waals surface area contributed by atoms with E-state index in [1.807, 2.05) is 24.3 Å². The molecule has 3 nitrogen and oxygen atoms in total. The van der Waals surface area contributed by atoms with Crippen molar-refractivity contribution in [3.05, 3.63) is 44.9 Å². The number of hydrogen-bond acceptors (Lipinski definition) is 3. The number of methoxy groups -OCH3 is 1. The summed E-state index contributed by atoms with van der Waals surface area (Å²) in [5.41, 5.74) is 1.53. The first-order valence-corrected chi connectivity index (χ1v) is 7.64. The molecule has 0 fully saturated rings. The Morgan fingerprint density at radius 2 is 1.80 bits per heavy atom. The van der Waals surface area contributed by atoms with E-state index in [2.05, 4.69) is 25.9 Å². The second kappa shape index (κ2) is 7.36. The lowest BCUT2D eigenvalue weighted by atomic mass is 10.1. The molecule has 0 aliphatic rings. The van der Waals surface area contributed by atoms with Gasteiger partial charge in [-0.05, 0) is 12.5 Å². The maximum atomic E-state index is 6.27. The highest BCUT2D eigenvalue weighted by atomic mass is 79.9. The average Bonchev–Trinajstić information content (AvgIpc) is 2.40. The summed E-state index contributed by atoms with van der Waals surface area (Å²) in [7, 11) is 1.66. The minimum atomic E-state index is 0.365. The molecule has 0 bridgehead atoms. The first kappa shape index (κ1) is 15.7.